The second-order valence-electron chi connectivity index (χ2n) is 3.10. The summed E-state index contributed by atoms with van der Waals surface area (Å²) in [7, 11) is 2.01. The number of nitriles is 1. The highest BCUT2D eigenvalue weighted by Crippen LogP contribution is 2.22. The third-order valence-electron chi connectivity index (χ3n) is 2.24. The van der Waals surface area contributed by atoms with Crippen LogP contribution < -0.4 is 4.90 Å². The van der Waals surface area contributed by atoms with E-state index >= 15 is 0 Å². The van der Waals surface area contributed by atoms with Gasteiger partial charge in [0, 0.05) is 25.2 Å². The molecule has 0 aliphatic heterocycles. The number of anilines is 1. The first-order valence-corrected chi connectivity index (χ1v) is 5.06. The molecule has 0 bridgehead atoms. The standard InChI is InChI=1S/C11H13ClN2/c1-3-14(2)11-5-4-9(8-13)6-10(11)7-12/h4-6H,3,7H2,1-2H3. The molecule has 1 rings (SSSR count). The van der Waals surface area contributed by atoms with E-state index in [1.807, 2.05) is 25.2 Å². The first kappa shape index (κ1) is 10.9. The molecule has 0 saturated carbocycles. The Balaban J connectivity index is 3.13. The molecule has 0 aliphatic carbocycles. The molecular formula is C11H13ClN2. The number of hydrogen-bond acceptors (Lipinski definition) is 2. The van der Waals surface area contributed by atoms with Gasteiger partial charge in [-0.15, -0.1) is 11.6 Å². The van der Waals surface area contributed by atoms with E-state index in [1.54, 1.807) is 0 Å². The highest BCUT2D eigenvalue weighted by molar-refractivity contribution is 6.17. The van der Waals surface area contributed by atoms with E-state index in [0.717, 1.165) is 17.8 Å². The first-order chi connectivity index (χ1) is 6.72. The molecule has 0 aromatic heterocycles. The largest absolute Gasteiger partial charge is 0.375 e. The van der Waals surface area contributed by atoms with Crippen molar-refractivity contribution in [2.24, 2.45) is 0 Å². The van der Waals surface area contributed by atoms with E-state index in [4.69, 9.17) is 16.9 Å². The molecule has 0 saturated heterocycles. The Labute approximate surface area is 89.7 Å². The lowest BCUT2D eigenvalue weighted by atomic mass is 10.1. The Kier molecular flexibility index (Phi) is 3.79. The van der Waals surface area contributed by atoms with Crippen molar-refractivity contribution >= 4 is 17.3 Å². The third kappa shape index (κ3) is 2.18. The van der Waals surface area contributed by atoms with Crippen molar-refractivity contribution in [3.8, 4) is 6.07 Å². The molecule has 0 aliphatic rings. The maximum atomic E-state index is 8.74. The van der Waals surface area contributed by atoms with Gasteiger partial charge in [0.1, 0.15) is 0 Å². The normalized spacial score (nSPS) is 9.57. The fraction of sp³-hybridized carbons (Fsp3) is 0.364. The van der Waals surface area contributed by atoms with Gasteiger partial charge < -0.3 is 4.90 Å². The van der Waals surface area contributed by atoms with Gasteiger partial charge in [0.15, 0.2) is 0 Å². The molecule has 1 aromatic carbocycles. The molecule has 0 radical (unpaired) electrons. The summed E-state index contributed by atoms with van der Waals surface area (Å²) in [5.74, 6) is 0.440. The van der Waals surface area contributed by atoms with Crippen LogP contribution in [0.1, 0.15) is 18.1 Å². The van der Waals surface area contributed by atoms with Gasteiger partial charge >= 0.3 is 0 Å². The van der Waals surface area contributed by atoms with Crippen LogP contribution in [0.5, 0.6) is 0 Å². The second-order valence-corrected chi connectivity index (χ2v) is 3.37. The van der Waals surface area contributed by atoms with Gasteiger partial charge in [-0.2, -0.15) is 5.26 Å². The van der Waals surface area contributed by atoms with Gasteiger partial charge in [-0.05, 0) is 30.7 Å². The Hall–Kier alpha value is -1.20. The van der Waals surface area contributed by atoms with Crippen LogP contribution in [0.4, 0.5) is 5.69 Å². The summed E-state index contributed by atoms with van der Waals surface area (Å²) in [6.07, 6.45) is 0. The van der Waals surface area contributed by atoms with E-state index in [0.29, 0.717) is 11.4 Å². The SMILES string of the molecule is CCN(C)c1ccc(C#N)cc1CCl. The highest BCUT2D eigenvalue weighted by Gasteiger charge is 2.05. The van der Waals surface area contributed by atoms with E-state index in [-0.39, 0.29) is 0 Å². The number of nitrogens with zero attached hydrogens (tertiary/aromatic N) is 2. The summed E-state index contributed by atoms with van der Waals surface area (Å²) >= 11 is 5.83. The van der Waals surface area contributed by atoms with E-state index in [9.17, 15) is 0 Å². The van der Waals surface area contributed by atoms with Crippen LogP contribution >= 0.6 is 11.6 Å². The van der Waals surface area contributed by atoms with Crippen molar-refractivity contribution in [2.45, 2.75) is 12.8 Å². The van der Waals surface area contributed by atoms with E-state index in [2.05, 4.69) is 17.9 Å². The molecule has 0 fully saturated rings. The first-order valence-electron chi connectivity index (χ1n) is 4.53. The summed E-state index contributed by atoms with van der Waals surface area (Å²) in [6, 6.07) is 7.71. The number of benzene rings is 1. The Bertz CT molecular complexity index is 355. The molecular weight excluding hydrogens is 196 g/mol. The van der Waals surface area contributed by atoms with Crippen molar-refractivity contribution in [2.75, 3.05) is 18.5 Å². The topological polar surface area (TPSA) is 27.0 Å². The molecule has 2 nitrogen and oxygen atoms in total. The van der Waals surface area contributed by atoms with Crippen molar-refractivity contribution in [3.05, 3.63) is 29.3 Å². The fourth-order valence-corrected chi connectivity index (χ4v) is 1.52. The Morgan fingerprint density at radius 1 is 1.50 bits per heavy atom. The third-order valence-corrected chi connectivity index (χ3v) is 2.53. The summed E-state index contributed by atoms with van der Waals surface area (Å²) in [5, 5.41) is 8.74. The lowest BCUT2D eigenvalue weighted by Gasteiger charge is -2.19. The molecule has 0 heterocycles. The molecule has 0 spiro atoms. The van der Waals surface area contributed by atoms with Crippen LogP contribution in [0.2, 0.25) is 0 Å². The van der Waals surface area contributed by atoms with Gasteiger partial charge in [-0.1, -0.05) is 0 Å². The lowest BCUT2D eigenvalue weighted by molar-refractivity contribution is 0.959. The van der Waals surface area contributed by atoms with Crippen molar-refractivity contribution in [1.29, 1.82) is 5.26 Å². The lowest BCUT2D eigenvalue weighted by Crippen LogP contribution is -2.17. The van der Waals surface area contributed by atoms with Crippen molar-refractivity contribution in [1.82, 2.24) is 0 Å². The summed E-state index contributed by atoms with van der Waals surface area (Å²) in [5.41, 5.74) is 2.77. The molecule has 0 N–H and O–H groups in total. The molecule has 14 heavy (non-hydrogen) atoms. The quantitative estimate of drug-likeness (QED) is 0.715. The Morgan fingerprint density at radius 2 is 2.21 bits per heavy atom. The monoisotopic (exact) mass is 208 g/mol. The van der Waals surface area contributed by atoms with Crippen LogP contribution in [-0.2, 0) is 5.88 Å². The van der Waals surface area contributed by atoms with Crippen LogP contribution in [0.3, 0.4) is 0 Å². The summed E-state index contributed by atoms with van der Waals surface area (Å²) < 4.78 is 0. The molecule has 1 aromatic rings. The highest BCUT2D eigenvalue weighted by atomic mass is 35.5. The van der Waals surface area contributed by atoms with Gasteiger partial charge in [-0.3, -0.25) is 0 Å². The van der Waals surface area contributed by atoms with Crippen molar-refractivity contribution in [3.63, 3.8) is 0 Å². The zero-order valence-electron chi connectivity index (χ0n) is 8.42. The van der Waals surface area contributed by atoms with Crippen LogP contribution in [-0.4, -0.2) is 13.6 Å². The average molecular weight is 209 g/mol. The minimum atomic E-state index is 0.440. The molecule has 3 heteroatoms. The van der Waals surface area contributed by atoms with Gasteiger partial charge in [-0.25, -0.2) is 0 Å². The smallest absolute Gasteiger partial charge is 0.0991 e. The van der Waals surface area contributed by atoms with Crippen molar-refractivity contribution < 1.29 is 0 Å². The predicted molar refractivity (Wildman–Crippen MR) is 59.7 cm³/mol. The molecule has 0 unspecified atom stereocenters. The maximum Gasteiger partial charge on any atom is 0.0991 e. The number of rotatable bonds is 3. The van der Waals surface area contributed by atoms with E-state index in [1.165, 1.54) is 0 Å². The second kappa shape index (κ2) is 4.88. The van der Waals surface area contributed by atoms with Crippen LogP contribution in [0.15, 0.2) is 18.2 Å². The fourth-order valence-electron chi connectivity index (χ4n) is 1.30. The molecule has 0 amide bonds. The zero-order chi connectivity index (χ0) is 10.6. The van der Waals surface area contributed by atoms with Gasteiger partial charge in [0.2, 0.25) is 0 Å². The molecule has 0 atom stereocenters. The summed E-state index contributed by atoms with van der Waals surface area (Å²) in [6.45, 7) is 3.01. The number of hydrogen-bond donors (Lipinski definition) is 0. The number of alkyl halides is 1. The van der Waals surface area contributed by atoms with Crippen LogP contribution in [0.25, 0.3) is 0 Å². The molecule has 74 valence electrons. The predicted octanol–water partition coefficient (Wildman–Crippen LogP) is 2.75. The van der Waals surface area contributed by atoms with E-state index < -0.39 is 0 Å². The Morgan fingerprint density at radius 3 is 2.71 bits per heavy atom. The van der Waals surface area contributed by atoms with Gasteiger partial charge in [0.05, 0.1) is 11.6 Å². The minimum absolute atomic E-state index is 0.440. The average Bonchev–Trinajstić information content (AvgIpc) is 2.27. The maximum absolute atomic E-state index is 8.74. The van der Waals surface area contributed by atoms with Crippen LogP contribution in [0, 0.1) is 11.3 Å². The summed E-state index contributed by atoms with van der Waals surface area (Å²) in [4.78, 5) is 2.11. The minimum Gasteiger partial charge on any atom is -0.375 e. The number of halogens is 1. The van der Waals surface area contributed by atoms with Gasteiger partial charge in [0.25, 0.3) is 0 Å². The zero-order valence-corrected chi connectivity index (χ0v) is 9.17.